The van der Waals surface area contributed by atoms with Crippen LogP contribution in [-0.4, -0.2) is 69.8 Å². The number of hydrogen-bond donors (Lipinski definition) is 2. The Morgan fingerprint density at radius 1 is 1.06 bits per heavy atom. The molecule has 1 aliphatic heterocycles. The number of carbonyl (C=O) groups excluding carboxylic acids is 1. The lowest BCUT2D eigenvalue weighted by molar-refractivity contribution is 0.102. The molecule has 2 aromatic heterocycles. The van der Waals surface area contributed by atoms with Crippen LogP contribution < -0.4 is 10.2 Å². The first-order valence-corrected chi connectivity index (χ1v) is 11.6. The van der Waals surface area contributed by atoms with Gasteiger partial charge in [-0.1, -0.05) is 35.9 Å². The van der Waals surface area contributed by atoms with Gasteiger partial charge in [0.05, 0.1) is 24.2 Å². The van der Waals surface area contributed by atoms with Crippen molar-refractivity contribution < 1.29 is 9.90 Å². The predicted octanol–water partition coefficient (Wildman–Crippen LogP) is 3.42. The van der Waals surface area contributed by atoms with Gasteiger partial charge in [0.15, 0.2) is 5.65 Å². The molecule has 34 heavy (non-hydrogen) atoms. The highest BCUT2D eigenvalue weighted by atomic mass is 35.5. The van der Waals surface area contributed by atoms with E-state index in [2.05, 4.69) is 25.2 Å². The van der Waals surface area contributed by atoms with E-state index in [9.17, 15) is 9.90 Å². The summed E-state index contributed by atoms with van der Waals surface area (Å²) in [5, 5.41) is 17.2. The molecule has 8 nitrogen and oxygen atoms in total. The number of rotatable bonds is 6. The Bertz CT molecular complexity index is 1320. The van der Waals surface area contributed by atoms with Crippen molar-refractivity contribution in [3.05, 3.63) is 77.7 Å². The Hall–Kier alpha value is -3.46. The zero-order chi connectivity index (χ0) is 23.5. The number of amides is 1. The summed E-state index contributed by atoms with van der Waals surface area (Å²) in [7, 11) is 0. The highest BCUT2D eigenvalue weighted by Gasteiger charge is 2.20. The molecule has 0 radical (unpaired) electrons. The molecule has 0 bridgehead atoms. The van der Waals surface area contributed by atoms with Gasteiger partial charge in [0.2, 0.25) is 0 Å². The number of anilines is 2. The SMILES string of the molecule is O=C(Nc1ccccc1N1CCN(CCO)CC1)c1ccn2ncc(-c3cccc(Cl)c3)c2n1. The Kier molecular flexibility index (Phi) is 6.44. The molecule has 0 unspecified atom stereocenters. The molecular formula is C25H25ClN6O2. The molecule has 0 aliphatic carbocycles. The summed E-state index contributed by atoms with van der Waals surface area (Å²) in [4.78, 5) is 22.3. The van der Waals surface area contributed by atoms with Crippen LogP contribution in [0.4, 0.5) is 11.4 Å². The number of nitrogens with zero attached hydrogens (tertiary/aromatic N) is 5. The summed E-state index contributed by atoms with van der Waals surface area (Å²) < 4.78 is 1.65. The zero-order valence-electron chi connectivity index (χ0n) is 18.6. The summed E-state index contributed by atoms with van der Waals surface area (Å²) >= 11 is 6.16. The van der Waals surface area contributed by atoms with Gasteiger partial charge in [0.1, 0.15) is 5.69 Å². The number of fused-ring (bicyclic) bond motifs is 1. The Morgan fingerprint density at radius 2 is 1.88 bits per heavy atom. The number of halogens is 1. The highest BCUT2D eigenvalue weighted by molar-refractivity contribution is 6.30. The monoisotopic (exact) mass is 476 g/mol. The molecule has 4 aromatic rings. The van der Waals surface area contributed by atoms with E-state index in [1.165, 1.54) is 0 Å². The Morgan fingerprint density at radius 3 is 2.68 bits per heavy atom. The van der Waals surface area contributed by atoms with Crippen molar-refractivity contribution in [2.45, 2.75) is 0 Å². The fourth-order valence-corrected chi connectivity index (χ4v) is 4.44. The van der Waals surface area contributed by atoms with Crippen LogP contribution in [0.15, 0.2) is 67.0 Å². The minimum atomic E-state index is -0.285. The number of aliphatic hydroxyl groups excluding tert-OH is 1. The van der Waals surface area contributed by atoms with E-state index in [-0.39, 0.29) is 12.5 Å². The Labute approximate surface area is 202 Å². The van der Waals surface area contributed by atoms with Gasteiger partial charge < -0.3 is 15.3 Å². The molecule has 1 fully saturated rings. The maximum Gasteiger partial charge on any atom is 0.274 e. The van der Waals surface area contributed by atoms with Gasteiger partial charge in [0, 0.05) is 49.5 Å². The number of para-hydroxylation sites is 2. The van der Waals surface area contributed by atoms with Crippen LogP contribution in [0.25, 0.3) is 16.8 Å². The fourth-order valence-electron chi connectivity index (χ4n) is 4.25. The molecule has 1 aliphatic rings. The second-order valence-electron chi connectivity index (χ2n) is 8.17. The molecule has 9 heteroatoms. The normalized spacial score (nSPS) is 14.5. The summed E-state index contributed by atoms with van der Waals surface area (Å²) in [6, 6.07) is 16.9. The summed E-state index contributed by atoms with van der Waals surface area (Å²) in [5.74, 6) is -0.285. The average Bonchev–Trinajstić information content (AvgIpc) is 3.28. The number of benzene rings is 2. The van der Waals surface area contributed by atoms with Gasteiger partial charge in [-0.05, 0) is 35.9 Å². The van der Waals surface area contributed by atoms with Crippen molar-refractivity contribution >= 4 is 34.5 Å². The van der Waals surface area contributed by atoms with Gasteiger partial charge in [-0.2, -0.15) is 5.10 Å². The smallest absolute Gasteiger partial charge is 0.274 e. The maximum atomic E-state index is 13.2. The van der Waals surface area contributed by atoms with Gasteiger partial charge in [-0.15, -0.1) is 0 Å². The third-order valence-electron chi connectivity index (χ3n) is 6.02. The summed E-state index contributed by atoms with van der Waals surface area (Å²) in [6.45, 7) is 4.25. The van der Waals surface area contributed by atoms with Crippen molar-refractivity contribution in [1.82, 2.24) is 19.5 Å². The van der Waals surface area contributed by atoms with E-state index >= 15 is 0 Å². The molecule has 2 aromatic carbocycles. The number of carbonyl (C=O) groups is 1. The lowest BCUT2D eigenvalue weighted by Crippen LogP contribution is -2.47. The van der Waals surface area contributed by atoms with E-state index in [0.29, 0.717) is 22.9 Å². The van der Waals surface area contributed by atoms with Gasteiger partial charge in [-0.3, -0.25) is 9.69 Å². The second kappa shape index (κ2) is 9.80. The minimum absolute atomic E-state index is 0.167. The van der Waals surface area contributed by atoms with E-state index < -0.39 is 0 Å². The molecule has 0 saturated carbocycles. The summed E-state index contributed by atoms with van der Waals surface area (Å²) in [6.07, 6.45) is 3.46. The quantitative estimate of drug-likeness (QED) is 0.443. The number of aliphatic hydroxyl groups is 1. The van der Waals surface area contributed by atoms with E-state index in [1.54, 1.807) is 23.0 Å². The molecule has 1 amide bonds. The van der Waals surface area contributed by atoms with Crippen LogP contribution in [0, 0.1) is 0 Å². The fraction of sp³-hybridized carbons (Fsp3) is 0.240. The van der Waals surface area contributed by atoms with Crippen LogP contribution in [-0.2, 0) is 0 Å². The Balaban J connectivity index is 1.38. The van der Waals surface area contributed by atoms with Crippen LogP contribution in [0.5, 0.6) is 0 Å². The molecule has 3 heterocycles. The highest BCUT2D eigenvalue weighted by Crippen LogP contribution is 2.28. The van der Waals surface area contributed by atoms with E-state index in [1.807, 2.05) is 48.5 Å². The molecule has 2 N–H and O–H groups in total. The van der Waals surface area contributed by atoms with E-state index in [0.717, 1.165) is 48.7 Å². The van der Waals surface area contributed by atoms with Crippen molar-refractivity contribution in [3.8, 4) is 11.1 Å². The number of hydrogen-bond acceptors (Lipinski definition) is 6. The molecule has 174 valence electrons. The van der Waals surface area contributed by atoms with Crippen LogP contribution in [0.1, 0.15) is 10.5 Å². The van der Waals surface area contributed by atoms with E-state index in [4.69, 9.17) is 11.6 Å². The average molecular weight is 477 g/mol. The predicted molar refractivity (Wildman–Crippen MR) is 134 cm³/mol. The molecular weight excluding hydrogens is 452 g/mol. The molecule has 1 saturated heterocycles. The maximum absolute atomic E-state index is 13.2. The van der Waals surface area contributed by atoms with Gasteiger partial charge >= 0.3 is 0 Å². The first-order chi connectivity index (χ1) is 16.6. The lowest BCUT2D eigenvalue weighted by atomic mass is 10.1. The molecule has 0 atom stereocenters. The number of β-amino-alcohol motifs (C(OH)–C–C–N with tert-alkyl or cyclic N) is 1. The minimum Gasteiger partial charge on any atom is -0.395 e. The van der Waals surface area contributed by atoms with Gasteiger partial charge in [0.25, 0.3) is 5.91 Å². The lowest BCUT2D eigenvalue weighted by Gasteiger charge is -2.36. The van der Waals surface area contributed by atoms with Crippen molar-refractivity contribution in [3.63, 3.8) is 0 Å². The van der Waals surface area contributed by atoms with Crippen molar-refractivity contribution in [2.75, 3.05) is 49.5 Å². The molecule has 0 spiro atoms. The first kappa shape index (κ1) is 22.3. The molecule has 5 rings (SSSR count). The summed E-state index contributed by atoms with van der Waals surface area (Å²) in [5.41, 5.74) is 4.30. The number of aromatic nitrogens is 3. The number of nitrogens with one attached hydrogen (secondary N) is 1. The van der Waals surface area contributed by atoms with Crippen molar-refractivity contribution in [2.24, 2.45) is 0 Å². The second-order valence-corrected chi connectivity index (χ2v) is 8.61. The topological polar surface area (TPSA) is 86.0 Å². The van der Waals surface area contributed by atoms with Crippen molar-refractivity contribution in [1.29, 1.82) is 0 Å². The van der Waals surface area contributed by atoms with Crippen LogP contribution >= 0.6 is 11.6 Å². The first-order valence-electron chi connectivity index (χ1n) is 11.2. The largest absolute Gasteiger partial charge is 0.395 e. The number of piperazine rings is 1. The third-order valence-corrected chi connectivity index (χ3v) is 6.25. The van der Waals surface area contributed by atoms with Gasteiger partial charge in [-0.25, -0.2) is 9.50 Å². The van der Waals surface area contributed by atoms with Crippen LogP contribution in [0.2, 0.25) is 5.02 Å². The standard InChI is InChI=1S/C25H25ClN6O2/c26-19-5-3-4-18(16-19)20-17-27-32-9-8-22(28-24(20)32)25(34)29-21-6-1-2-7-23(21)31-12-10-30(11-13-31)14-15-33/h1-9,16-17,33H,10-15H2,(H,29,34). The zero-order valence-corrected chi connectivity index (χ0v) is 19.3. The third kappa shape index (κ3) is 4.61. The van der Waals surface area contributed by atoms with Crippen LogP contribution in [0.3, 0.4) is 0 Å².